The molecule has 94 valence electrons. The number of aliphatic hydroxyl groups is 1. The maximum atomic E-state index is 9.22. The average molecular weight is 234 g/mol. The van der Waals surface area contributed by atoms with Gasteiger partial charge in [0.15, 0.2) is 0 Å². The second-order valence-corrected chi connectivity index (χ2v) is 4.85. The van der Waals surface area contributed by atoms with Crippen LogP contribution in [-0.4, -0.2) is 24.3 Å². The van der Waals surface area contributed by atoms with Crippen molar-refractivity contribution in [2.45, 2.75) is 38.3 Å². The quantitative estimate of drug-likeness (QED) is 0.820. The van der Waals surface area contributed by atoms with E-state index in [4.69, 9.17) is 5.73 Å². The van der Waals surface area contributed by atoms with Crippen LogP contribution in [0.2, 0.25) is 0 Å². The summed E-state index contributed by atoms with van der Waals surface area (Å²) >= 11 is 0. The van der Waals surface area contributed by atoms with Gasteiger partial charge >= 0.3 is 0 Å². The maximum absolute atomic E-state index is 9.22. The number of hydrogen-bond donors (Lipinski definition) is 2. The van der Waals surface area contributed by atoms with Gasteiger partial charge in [0.1, 0.15) is 0 Å². The van der Waals surface area contributed by atoms with Crippen LogP contribution in [0.1, 0.15) is 37.8 Å². The lowest BCUT2D eigenvalue weighted by molar-refractivity contribution is 0.283. The number of hydrogen-bond acceptors (Lipinski definition) is 3. The molecule has 1 unspecified atom stereocenters. The molecule has 0 amide bonds. The summed E-state index contributed by atoms with van der Waals surface area (Å²) in [6.07, 6.45) is 3.76. The monoisotopic (exact) mass is 234 g/mol. The molecule has 0 radical (unpaired) electrons. The van der Waals surface area contributed by atoms with E-state index in [1.54, 1.807) is 0 Å². The third kappa shape index (κ3) is 2.61. The van der Waals surface area contributed by atoms with E-state index in [0.29, 0.717) is 12.6 Å². The topological polar surface area (TPSA) is 49.5 Å². The highest BCUT2D eigenvalue weighted by atomic mass is 16.3. The smallest absolute Gasteiger partial charge is 0.0606 e. The van der Waals surface area contributed by atoms with E-state index in [-0.39, 0.29) is 12.6 Å². The number of benzene rings is 1. The molecule has 1 fully saturated rings. The molecule has 1 aliphatic rings. The lowest BCUT2D eigenvalue weighted by atomic mass is 9.90. The SMILES string of the molecule is CC(N)c1ccccc1N(CCO)C1CCC1. The lowest BCUT2D eigenvalue weighted by Crippen LogP contribution is -2.42. The number of para-hydroxylation sites is 1. The van der Waals surface area contributed by atoms with Crippen LogP contribution < -0.4 is 10.6 Å². The molecule has 1 aromatic rings. The second-order valence-electron chi connectivity index (χ2n) is 4.85. The molecule has 0 heterocycles. The maximum Gasteiger partial charge on any atom is 0.0606 e. The Hall–Kier alpha value is -1.06. The summed E-state index contributed by atoms with van der Waals surface area (Å²) in [5.41, 5.74) is 8.39. The number of anilines is 1. The van der Waals surface area contributed by atoms with Crippen LogP contribution in [0, 0.1) is 0 Å². The first-order valence-corrected chi connectivity index (χ1v) is 6.46. The lowest BCUT2D eigenvalue weighted by Gasteiger charge is -2.40. The van der Waals surface area contributed by atoms with E-state index >= 15 is 0 Å². The van der Waals surface area contributed by atoms with Gasteiger partial charge in [0.25, 0.3) is 0 Å². The van der Waals surface area contributed by atoms with Gasteiger partial charge in [0.05, 0.1) is 6.61 Å². The number of nitrogens with zero attached hydrogens (tertiary/aromatic N) is 1. The molecule has 3 N–H and O–H groups in total. The van der Waals surface area contributed by atoms with Crippen LogP contribution in [0.5, 0.6) is 0 Å². The predicted octanol–water partition coefficient (Wildman–Crippen LogP) is 2.06. The summed E-state index contributed by atoms with van der Waals surface area (Å²) in [6.45, 7) is 2.91. The Balaban J connectivity index is 2.27. The largest absolute Gasteiger partial charge is 0.395 e. The Morgan fingerprint density at radius 3 is 2.65 bits per heavy atom. The van der Waals surface area contributed by atoms with Crippen LogP contribution in [-0.2, 0) is 0 Å². The minimum Gasteiger partial charge on any atom is -0.395 e. The van der Waals surface area contributed by atoms with Crippen LogP contribution in [0.15, 0.2) is 24.3 Å². The highest BCUT2D eigenvalue weighted by Crippen LogP contribution is 2.33. The Kier molecular flexibility index (Phi) is 4.02. The van der Waals surface area contributed by atoms with Gasteiger partial charge in [-0.15, -0.1) is 0 Å². The molecule has 3 nitrogen and oxygen atoms in total. The number of nitrogens with two attached hydrogens (primary N) is 1. The zero-order valence-electron chi connectivity index (χ0n) is 10.5. The molecule has 1 aliphatic carbocycles. The third-order valence-electron chi connectivity index (χ3n) is 3.59. The molecule has 0 saturated heterocycles. The van der Waals surface area contributed by atoms with Gasteiger partial charge in [-0.25, -0.2) is 0 Å². The number of aliphatic hydroxyl groups excluding tert-OH is 1. The van der Waals surface area contributed by atoms with Gasteiger partial charge in [-0.2, -0.15) is 0 Å². The van der Waals surface area contributed by atoms with Gasteiger partial charge in [-0.1, -0.05) is 18.2 Å². The summed E-state index contributed by atoms with van der Waals surface area (Å²) < 4.78 is 0. The summed E-state index contributed by atoms with van der Waals surface area (Å²) in [5.74, 6) is 0. The first-order chi connectivity index (χ1) is 8.24. The van der Waals surface area contributed by atoms with E-state index in [2.05, 4.69) is 17.0 Å². The van der Waals surface area contributed by atoms with E-state index in [9.17, 15) is 5.11 Å². The Labute approximate surface area is 103 Å². The van der Waals surface area contributed by atoms with Crippen molar-refractivity contribution in [3.8, 4) is 0 Å². The summed E-state index contributed by atoms with van der Waals surface area (Å²) in [7, 11) is 0. The second kappa shape index (κ2) is 5.52. The van der Waals surface area contributed by atoms with Crippen LogP contribution in [0.25, 0.3) is 0 Å². The summed E-state index contributed by atoms with van der Waals surface area (Å²) in [6, 6.07) is 8.90. The van der Waals surface area contributed by atoms with Crippen molar-refractivity contribution in [1.82, 2.24) is 0 Å². The number of rotatable bonds is 5. The highest BCUT2D eigenvalue weighted by Gasteiger charge is 2.26. The van der Waals surface area contributed by atoms with Gasteiger partial charge < -0.3 is 15.7 Å². The molecule has 17 heavy (non-hydrogen) atoms. The zero-order valence-corrected chi connectivity index (χ0v) is 10.5. The van der Waals surface area contributed by atoms with Crippen molar-refractivity contribution in [2.24, 2.45) is 5.73 Å². The zero-order chi connectivity index (χ0) is 12.3. The third-order valence-corrected chi connectivity index (χ3v) is 3.59. The van der Waals surface area contributed by atoms with Gasteiger partial charge in [0.2, 0.25) is 0 Å². The van der Waals surface area contributed by atoms with E-state index < -0.39 is 0 Å². The molecule has 1 atom stereocenters. The fourth-order valence-corrected chi connectivity index (χ4v) is 2.44. The van der Waals surface area contributed by atoms with Crippen molar-refractivity contribution in [1.29, 1.82) is 0 Å². The Morgan fingerprint density at radius 2 is 2.12 bits per heavy atom. The van der Waals surface area contributed by atoms with E-state index in [1.807, 2.05) is 19.1 Å². The Bertz CT molecular complexity index is 361. The van der Waals surface area contributed by atoms with Crippen LogP contribution in [0.3, 0.4) is 0 Å². The molecule has 2 rings (SSSR count). The molecule has 0 aromatic heterocycles. The fourth-order valence-electron chi connectivity index (χ4n) is 2.44. The molecule has 1 aromatic carbocycles. The van der Waals surface area contributed by atoms with Crippen molar-refractivity contribution < 1.29 is 5.11 Å². The Morgan fingerprint density at radius 1 is 1.41 bits per heavy atom. The molecule has 0 spiro atoms. The highest BCUT2D eigenvalue weighted by molar-refractivity contribution is 5.56. The normalized spacial score (nSPS) is 17.6. The first kappa shape index (κ1) is 12.4. The van der Waals surface area contributed by atoms with Gasteiger partial charge in [-0.3, -0.25) is 0 Å². The standard InChI is InChI=1S/C14H22N2O/c1-11(15)13-7-2-3-8-14(13)16(9-10-17)12-5-4-6-12/h2-3,7-8,11-12,17H,4-6,9-10,15H2,1H3. The molecule has 0 aliphatic heterocycles. The fraction of sp³-hybridized carbons (Fsp3) is 0.571. The average Bonchev–Trinajstić information content (AvgIpc) is 2.26. The molecule has 0 bridgehead atoms. The van der Waals surface area contributed by atoms with Crippen LogP contribution >= 0.6 is 0 Å². The molecule has 3 heteroatoms. The first-order valence-electron chi connectivity index (χ1n) is 6.46. The minimum absolute atomic E-state index is 0.0347. The van der Waals surface area contributed by atoms with Gasteiger partial charge in [-0.05, 0) is 37.8 Å². The van der Waals surface area contributed by atoms with Crippen molar-refractivity contribution >= 4 is 5.69 Å². The van der Waals surface area contributed by atoms with Gasteiger partial charge in [0, 0.05) is 24.3 Å². The summed E-state index contributed by atoms with van der Waals surface area (Å²) in [5, 5.41) is 9.22. The molecular weight excluding hydrogens is 212 g/mol. The minimum atomic E-state index is 0.0347. The van der Waals surface area contributed by atoms with Crippen molar-refractivity contribution in [2.75, 3.05) is 18.1 Å². The van der Waals surface area contributed by atoms with E-state index in [0.717, 1.165) is 0 Å². The van der Waals surface area contributed by atoms with Crippen LogP contribution in [0.4, 0.5) is 5.69 Å². The van der Waals surface area contributed by atoms with E-state index in [1.165, 1.54) is 30.5 Å². The van der Waals surface area contributed by atoms with Crippen molar-refractivity contribution in [3.63, 3.8) is 0 Å². The summed E-state index contributed by atoms with van der Waals surface area (Å²) in [4.78, 5) is 2.32. The predicted molar refractivity (Wildman–Crippen MR) is 71.1 cm³/mol. The van der Waals surface area contributed by atoms with Crippen molar-refractivity contribution in [3.05, 3.63) is 29.8 Å². The molecule has 1 saturated carbocycles. The molecular formula is C14H22N2O.